The Bertz CT molecular complexity index is 2020. The summed E-state index contributed by atoms with van der Waals surface area (Å²) in [5.74, 6) is -0.173. The molecule has 14 heteroatoms. The molecule has 0 radical (unpaired) electrons. The van der Waals surface area contributed by atoms with E-state index >= 15 is 0 Å². The molecular weight excluding hydrogens is 648 g/mol. The van der Waals surface area contributed by atoms with Crippen LogP contribution in [0.15, 0.2) is 36.9 Å². The van der Waals surface area contributed by atoms with Crippen molar-refractivity contribution >= 4 is 49.1 Å². The number of fused-ring (bicyclic) bond motifs is 2. The number of carbonyl (C=O) groups excluding carboxylic acids is 1. The van der Waals surface area contributed by atoms with E-state index in [-0.39, 0.29) is 57.0 Å². The number of nitrogen functional groups attached to an aromatic ring is 1. The Labute approximate surface area is 287 Å². The van der Waals surface area contributed by atoms with Crippen LogP contribution >= 0.6 is 11.3 Å². The summed E-state index contributed by atoms with van der Waals surface area (Å²) in [6.07, 6.45) is 2.84. The number of thiophene rings is 1. The maximum absolute atomic E-state index is 15.0. The van der Waals surface area contributed by atoms with E-state index in [1.165, 1.54) is 12.1 Å². The van der Waals surface area contributed by atoms with Gasteiger partial charge in [-0.3, -0.25) is 9.69 Å². The number of nitrogens with zero attached hydrogens (tertiary/aromatic N) is 7. The van der Waals surface area contributed by atoms with Crippen molar-refractivity contribution in [3.05, 3.63) is 53.9 Å². The number of likely N-dealkylation sites (tertiary alicyclic amines) is 2. The average Bonchev–Trinajstić information content (AvgIpc) is 3.80. The Balaban J connectivity index is 1.50. The molecule has 2 aromatic carbocycles. The first-order chi connectivity index (χ1) is 23.6. The molecule has 2 aromatic heterocycles. The number of benzene rings is 2. The first kappa shape index (κ1) is 34.0. The van der Waals surface area contributed by atoms with Gasteiger partial charge >= 0.3 is 6.01 Å². The number of amides is 1. The van der Waals surface area contributed by atoms with E-state index < -0.39 is 5.82 Å². The molecule has 0 bridgehead atoms. The molecule has 254 valence electrons. The summed E-state index contributed by atoms with van der Waals surface area (Å²) in [6.45, 7) is 5.58. The third kappa shape index (κ3) is 6.13. The topological polar surface area (TPSA) is 154 Å². The number of aromatic nitrogens is 2. The summed E-state index contributed by atoms with van der Waals surface area (Å²) < 4.78 is 32.6. The number of nitrogens with two attached hydrogens (primary N) is 1. The highest BCUT2D eigenvalue weighted by molar-refractivity contribution is 7.23. The van der Waals surface area contributed by atoms with E-state index in [2.05, 4.69) is 23.6 Å². The molecule has 2 saturated heterocycles. The highest BCUT2D eigenvalue weighted by atomic mass is 32.1. The molecule has 4 atom stereocenters. The van der Waals surface area contributed by atoms with Gasteiger partial charge in [0.1, 0.15) is 29.3 Å². The highest BCUT2D eigenvalue weighted by Gasteiger charge is 2.40. The molecule has 0 spiro atoms. The average molecular weight is 685 g/mol. The lowest BCUT2D eigenvalue weighted by molar-refractivity contribution is -0.127. The number of hydrogen-bond donors (Lipinski definition) is 1. The lowest BCUT2D eigenvalue weighted by Crippen LogP contribution is -2.48. The summed E-state index contributed by atoms with van der Waals surface area (Å²) in [6, 6.07) is 10.5. The summed E-state index contributed by atoms with van der Waals surface area (Å²) in [5.41, 5.74) is 8.00. The fourth-order valence-corrected chi connectivity index (χ4v) is 8.04. The van der Waals surface area contributed by atoms with Gasteiger partial charge in [0.05, 0.1) is 52.2 Å². The first-order valence-electron chi connectivity index (χ1n) is 15.8. The van der Waals surface area contributed by atoms with Crippen molar-refractivity contribution in [1.29, 1.82) is 10.5 Å². The minimum Gasteiger partial charge on any atom is -0.462 e. The molecule has 2 aliphatic rings. The first-order valence-corrected chi connectivity index (χ1v) is 16.6. The van der Waals surface area contributed by atoms with Crippen LogP contribution in [0.25, 0.3) is 32.1 Å². The van der Waals surface area contributed by atoms with Gasteiger partial charge in [-0.1, -0.05) is 12.6 Å². The van der Waals surface area contributed by atoms with E-state index in [4.69, 9.17) is 29.9 Å². The Morgan fingerprint density at radius 2 is 2.02 bits per heavy atom. The van der Waals surface area contributed by atoms with Gasteiger partial charge in [-0.25, -0.2) is 4.39 Å². The molecule has 2 N–H and O–H groups in total. The summed E-state index contributed by atoms with van der Waals surface area (Å²) in [7, 11) is 7.21. The van der Waals surface area contributed by atoms with E-state index in [0.29, 0.717) is 59.4 Å². The quantitative estimate of drug-likeness (QED) is 0.238. The number of halogens is 1. The van der Waals surface area contributed by atoms with Gasteiger partial charge in [0.15, 0.2) is 0 Å². The monoisotopic (exact) mass is 684 g/mol. The maximum Gasteiger partial charge on any atom is 0.319 e. The summed E-state index contributed by atoms with van der Waals surface area (Å²) in [4.78, 5) is 28.4. The second-order valence-corrected chi connectivity index (χ2v) is 13.4. The number of ether oxygens (including phenoxy) is 3. The molecule has 4 heterocycles. The van der Waals surface area contributed by atoms with Crippen molar-refractivity contribution in [2.75, 3.05) is 65.3 Å². The molecule has 4 unspecified atom stereocenters. The van der Waals surface area contributed by atoms with E-state index in [1.54, 1.807) is 37.3 Å². The van der Waals surface area contributed by atoms with Crippen LogP contribution in [0, 0.1) is 28.5 Å². The van der Waals surface area contributed by atoms with Crippen LogP contribution in [0.2, 0.25) is 0 Å². The van der Waals surface area contributed by atoms with Gasteiger partial charge in [-0.2, -0.15) is 20.5 Å². The predicted molar refractivity (Wildman–Crippen MR) is 186 cm³/mol. The normalized spacial score (nSPS) is 20.8. The second-order valence-electron chi connectivity index (χ2n) is 12.3. The molecule has 6 rings (SSSR count). The number of methoxy groups -OCH3 is 2. The van der Waals surface area contributed by atoms with Crippen LogP contribution in [0.4, 0.5) is 15.2 Å². The Hall–Kier alpha value is -4.86. The SMILES string of the molecule is C=CC(=O)N1CCC(N(C)c2nc(OCC3CC(OC)CN3C)nc3cc(-c4ccc(F)c5sc(N)c(C#N)c45)c(C#N)cc23)C1COC. The molecule has 4 aromatic rings. The molecule has 2 fully saturated rings. The van der Waals surface area contributed by atoms with E-state index in [9.17, 15) is 19.7 Å². The largest absolute Gasteiger partial charge is 0.462 e. The number of carbonyl (C=O) groups is 1. The van der Waals surface area contributed by atoms with Crippen LogP contribution < -0.4 is 15.4 Å². The van der Waals surface area contributed by atoms with Crippen LogP contribution in [0.5, 0.6) is 6.01 Å². The highest BCUT2D eigenvalue weighted by Crippen LogP contribution is 2.43. The fraction of sp³-hybridized carbons (Fsp3) is 0.400. The van der Waals surface area contributed by atoms with Gasteiger partial charge < -0.3 is 29.7 Å². The van der Waals surface area contributed by atoms with Crippen LogP contribution in [-0.2, 0) is 14.3 Å². The molecule has 49 heavy (non-hydrogen) atoms. The minimum absolute atomic E-state index is 0.0855. The lowest BCUT2D eigenvalue weighted by atomic mass is 9.94. The standard InChI is InChI=1S/C35H37FN8O4S/c1-6-30(45)44-10-9-28(29(44)18-46-4)43(3)34-24-11-19(14-37)23(22-7-8-26(36)32-31(22)25(15-38)33(39)49-32)13-27(24)40-35(41-34)48-17-20-12-21(47-5)16-42(20)2/h6-8,11,13,20-21,28-29H,1,9-10,12,16-18,39H2,2-5H3. The minimum atomic E-state index is -0.503. The zero-order chi connectivity index (χ0) is 35.0. The third-order valence-electron chi connectivity index (χ3n) is 9.66. The van der Waals surface area contributed by atoms with Gasteiger partial charge in [-0.05, 0) is 49.7 Å². The number of rotatable bonds is 10. The number of likely N-dealkylation sites (N-methyl/N-ethyl adjacent to an activating group) is 2. The molecular formula is C35H37FN8O4S. The van der Waals surface area contributed by atoms with Crippen molar-refractivity contribution in [2.45, 2.75) is 37.1 Å². The van der Waals surface area contributed by atoms with Crippen molar-refractivity contribution in [2.24, 2.45) is 0 Å². The van der Waals surface area contributed by atoms with E-state index in [1.807, 2.05) is 19.0 Å². The summed E-state index contributed by atoms with van der Waals surface area (Å²) >= 11 is 0.995. The molecule has 1 amide bonds. The van der Waals surface area contributed by atoms with Gasteiger partial charge in [0.25, 0.3) is 0 Å². The maximum atomic E-state index is 15.0. The lowest BCUT2D eigenvalue weighted by Gasteiger charge is -2.33. The van der Waals surface area contributed by atoms with Crippen LogP contribution in [-0.4, -0.2) is 105 Å². The Morgan fingerprint density at radius 3 is 2.69 bits per heavy atom. The smallest absolute Gasteiger partial charge is 0.319 e. The van der Waals surface area contributed by atoms with Crippen molar-refractivity contribution in [1.82, 2.24) is 19.8 Å². The molecule has 12 nitrogen and oxygen atoms in total. The van der Waals surface area contributed by atoms with E-state index in [0.717, 1.165) is 24.3 Å². The van der Waals surface area contributed by atoms with Gasteiger partial charge in [0.2, 0.25) is 5.91 Å². The van der Waals surface area contributed by atoms with Crippen LogP contribution in [0.3, 0.4) is 0 Å². The Morgan fingerprint density at radius 1 is 1.22 bits per heavy atom. The summed E-state index contributed by atoms with van der Waals surface area (Å²) in [5, 5.41) is 21.5. The fourth-order valence-electron chi connectivity index (χ4n) is 7.09. The number of hydrogen-bond acceptors (Lipinski definition) is 12. The zero-order valence-electron chi connectivity index (χ0n) is 27.8. The molecule has 0 aliphatic carbocycles. The zero-order valence-corrected chi connectivity index (χ0v) is 28.6. The predicted octanol–water partition coefficient (Wildman–Crippen LogP) is 4.31. The van der Waals surface area contributed by atoms with Gasteiger partial charge in [-0.15, -0.1) is 11.3 Å². The van der Waals surface area contributed by atoms with Gasteiger partial charge in [0, 0.05) is 56.7 Å². The van der Waals surface area contributed by atoms with Crippen LogP contribution in [0.1, 0.15) is 24.0 Å². The molecule has 2 aliphatic heterocycles. The van der Waals surface area contributed by atoms with Crippen molar-refractivity contribution in [3.63, 3.8) is 0 Å². The Kier molecular flexibility index (Phi) is 9.68. The number of nitriles is 2. The van der Waals surface area contributed by atoms with Crippen molar-refractivity contribution in [3.8, 4) is 29.3 Å². The van der Waals surface area contributed by atoms with Crippen molar-refractivity contribution < 1.29 is 23.4 Å². The molecule has 0 saturated carbocycles. The second kappa shape index (κ2) is 13.9. The third-order valence-corrected chi connectivity index (χ3v) is 10.7. The number of anilines is 2.